The normalized spacial score (nSPS) is 11.4. The Labute approximate surface area is 135 Å². The molecule has 0 aliphatic rings. The fourth-order valence-electron chi connectivity index (χ4n) is 1.84. The number of aromatic nitrogens is 2. The number of carbonyl (C=O) groups is 1. The van der Waals surface area contributed by atoms with Crippen molar-refractivity contribution in [2.24, 2.45) is 0 Å². The molecule has 0 N–H and O–H groups in total. The minimum absolute atomic E-state index is 0.0517. The van der Waals surface area contributed by atoms with Crippen molar-refractivity contribution >= 4 is 5.91 Å². The Kier molecular flexibility index (Phi) is 5.42. The number of likely N-dealkylation sites (N-methyl/N-ethyl adjacent to an activating group) is 1. The maximum atomic E-state index is 13.3. The van der Waals surface area contributed by atoms with Gasteiger partial charge in [0.1, 0.15) is 13.2 Å². The smallest absolute Gasteiger partial charge is 0.435 e. The van der Waals surface area contributed by atoms with Crippen LogP contribution in [-0.4, -0.2) is 40.8 Å². The molecule has 9 heteroatoms. The highest BCUT2D eigenvalue weighted by Crippen LogP contribution is 2.27. The average Bonchev–Trinajstić information content (AvgIpc) is 2.97. The highest BCUT2D eigenvalue weighted by atomic mass is 19.4. The SMILES string of the molecule is CN(CCOc1ccccc1F)C(=O)Cn1ccc(C(F)(F)F)n1. The van der Waals surface area contributed by atoms with Gasteiger partial charge >= 0.3 is 6.18 Å². The summed E-state index contributed by atoms with van der Waals surface area (Å²) in [6, 6.07) is 6.65. The number of ether oxygens (including phenoxy) is 1. The molecule has 0 bridgehead atoms. The lowest BCUT2D eigenvalue weighted by atomic mass is 10.3. The second-order valence-corrected chi connectivity index (χ2v) is 4.99. The lowest BCUT2D eigenvalue weighted by Gasteiger charge is -2.17. The number of para-hydroxylation sites is 1. The Balaban J connectivity index is 1.82. The second-order valence-electron chi connectivity index (χ2n) is 4.99. The zero-order valence-corrected chi connectivity index (χ0v) is 12.8. The largest absolute Gasteiger partial charge is 0.489 e. The van der Waals surface area contributed by atoms with Crippen LogP contribution in [0.2, 0.25) is 0 Å². The summed E-state index contributed by atoms with van der Waals surface area (Å²) in [5.74, 6) is -0.882. The number of rotatable bonds is 6. The molecule has 24 heavy (non-hydrogen) atoms. The lowest BCUT2D eigenvalue weighted by Crippen LogP contribution is -2.33. The van der Waals surface area contributed by atoms with Crippen LogP contribution in [0.15, 0.2) is 36.5 Å². The quantitative estimate of drug-likeness (QED) is 0.756. The van der Waals surface area contributed by atoms with Crippen LogP contribution in [-0.2, 0) is 17.5 Å². The topological polar surface area (TPSA) is 47.4 Å². The van der Waals surface area contributed by atoms with Gasteiger partial charge in [0.25, 0.3) is 0 Å². The summed E-state index contributed by atoms with van der Waals surface area (Å²) in [5.41, 5.74) is -1.05. The zero-order chi connectivity index (χ0) is 17.7. The Morgan fingerprint density at radius 1 is 1.29 bits per heavy atom. The number of carbonyl (C=O) groups excluding carboxylic acids is 1. The van der Waals surface area contributed by atoms with Crippen molar-refractivity contribution in [1.82, 2.24) is 14.7 Å². The third-order valence-corrected chi connectivity index (χ3v) is 3.18. The first-order chi connectivity index (χ1) is 11.3. The van der Waals surface area contributed by atoms with E-state index >= 15 is 0 Å². The third kappa shape index (κ3) is 4.71. The van der Waals surface area contributed by atoms with Crippen molar-refractivity contribution in [3.8, 4) is 5.75 Å². The van der Waals surface area contributed by atoms with Gasteiger partial charge in [-0.15, -0.1) is 0 Å². The van der Waals surface area contributed by atoms with Gasteiger partial charge in [-0.3, -0.25) is 9.48 Å². The molecule has 1 heterocycles. The number of benzene rings is 1. The van der Waals surface area contributed by atoms with Crippen LogP contribution in [0.25, 0.3) is 0 Å². The number of amides is 1. The van der Waals surface area contributed by atoms with Crippen molar-refractivity contribution in [2.45, 2.75) is 12.7 Å². The maximum Gasteiger partial charge on any atom is 0.435 e. The molecule has 0 aliphatic carbocycles. The van der Waals surface area contributed by atoms with Gasteiger partial charge in [0.2, 0.25) is 5.91 Å². The molecule has 0 unspecified atom stereocenters. The van der Waals surface area contributed by atoms with Crippen LogP contribution in [0, 0.1) is 5.82 Å². The van der Waals surface area contributed by atoms with E-state index in [0.29, 0.717) is 0 Å². The van der Waals surface area contributed by atoms with E-state index in [9.17, 15) is 22.4 Å². The van der Waals surface area contributed by atoms with E-state index < -0.39 is 23.6 Å². The van der Waals surface area contributed by atoms with Crippen molar-refractivity contribution in [1.29, 1.82) is 0 Å². The number of hydrogen-bond acceptors (Lipinski definition) is 3. The summed E-state index contributed by atoms with van der Waals surface area (Å²) in [5, 5.41) is 3.31. The van der Waals surface area contributed by atoms with Gasteiger partial charge < -0.3 is 9.64 Å². The molecule has 2 aromatic rings. The lowest BCUT2D eigenvalue weighted by molar-refractivity contribution is -0.142. The first-order valence-corrected chi connectivity index (χ1v) is 6.99. The fourth-order valence-corrected chi connectivity index (χ4v) is 1.84. The minimum atomic E-state index is -4.55. The van der Waals surface area contributed by atoms with Crippen LogP contribution in [0.5, 0.6) is 5.75 Å². The molecule has 0 fully saturated rings. The summed E-state index contributed by atoms with van der Waals surface area (Å²) in [4.78, 5) is 13.2. The van der Waals surface area contributed by atoms with Gasteiger partial charge in [0.05, 0.1) is 6.54 Å². The van der Waals surface area contributed by atoms with E-state index in [1.165, 1.54) is 30.1 Å². The molecule has 1 amide bonds. The standard InChI is InChI=1S/C15H15F4N3O2/c1-21(8-9-24-12-5-3-2-4-11(12)16)14(23)10-22-7-6-13(20-22)15(17,18)19/h2-7H,8-10H2,1H3. The summed E-state index contributed by atoms with van der Waals surface area (Å²) < 4.78 is 56.8. The fraction of sp³-hybridized carbons (Fsp3) is 0.333. The summed E-state index contributed by atoms with van der Waals surface area (Å²) in [7, 11) is 1.47. The number of hydrogen-bond donors (Lipinski definition) is 0. The van der Waals surface area contributed by atoms with E-state index in [1.807, 2.05) is 0 Å². The first kappa shape index (κ1) is 17.8. The van der Waals surface area contributed by atoms with Crippen LogP contribution in [0.4, 0.5) is 17.6 Å². The van der Waals surface area contributed by atoms with Crippen LogP contribution in [0.3, 0.4) is 0 Å². The number of nitrogens with zero attached hydrogens (tertiary/aromatic N) is 3. The summed E-state index contributed by atoms with van der Waals surface area (Å²) in [6.45, 7) is -0.122. The van der Waals surface area contributed by atoms with Crippen molar-refractivity contribution in [2.75, 3.05) is 20.2 Å². The van der Waals surface area contributed by atoms with Crippen LogP contribution >= 0.6 is 0 Å². The maximum absolute atomic E-state index is 13.3. The highest BCUT2D eigenvalue weighted by molar-refractivity contribution is 5.75. The molecule has 0 radical (unpaired) electrons. The predicted octanol–water partition coefficient (Wildman–Crippen LogP) is 2.58. The summed E-state index contributed by atoms with van der Waals surface area (Å²) in [6.07, 6.45) is -3.46. The van der Waals surface area contributed by atoms with E-state index in [-0.39, 0.29) is 25.4 Å². The Bertz CT molecular complexity index is 700. The molecule has 0 atom stereocenters. The van der Waals surface area contributed by atoms with E-state index in [0.717, 1.165) is 16.9 Å². The molecule has 5 nitrogen and oxygen atoms in total. The molecule has 0 saturated carbocycles. The predicted molar refractivity (Wildman–Crippen MR) is 76.8 cm³/mol. The number of halogens is 4. The Hall–Kier alpha value is -2.58. The molecule has 2 rings (SSSR count). The van der Waals surface area contributed by atoms with Gasteiger partial charge in [-0.2, -0.15) is 18.3 Å². The minimum Gasteiger partial charge on any atom is -0.489 e. The van der Waals surface area contributed by atoms with Gasteiger partial charge in [-0.25, -0.2) is 4.39 Å². The van der Waals surface area contributed by atoms with E-state index in [2.05, 4.69) is 5.10 Å². The molecular weight excluding hydrogens is 330 g/mol. The van der Waals surface area contributed by atoms with Crippen molar-refractivity contribution in [3.05, 3.63) is 48.0 Å². The van der Waals surface area contributed by atoms with Gasteiger partial charge in [-0.05, 0) is 18.2 Å². The number of alkyl halides is 3. The molecule has 130 valence electrons. The second kappa shape index (κ2) is 7.33. The van der Waals surface area contributed by atoms with E-state index in [1.54, 1.807) is 6.07 Å². The van der Waals surface area contributed by atoms with Crippen LogP contribution in [0.1, 0.15) is 5.69 Å². The third-order valence-electron chi connectivity index (χ3n) is 3.18. The van der Waals surface area contributed by atoms with Crippen molar-refractivity contribution < 1.29 is 27.1 Å². The molecule has 0 spiro atoms. The molecule has 1 aromatic carbocycles. The van der Waals surface area contributed by atoms with Crippen LogP contribution < -0.4 is 4.74 Å². The highest BCUT2D eigenvalue weighted by Gasteiger charge is 2.33. The molecule has 0 aliphatic heterocycles. The Morgan fingerprint density at radius 2 is 2.00 bits per heavy atom. The average molecular weight is 345 g/mol. The Morgan fingerprint density at radius 3 is 2.62 bits per heavy atom. The molecular formula is C15H15F4N3O2. The van der Waals surface area contributed by atoms with Gasteiger partial charge in [-0.1, -0.05) is 12.1 Å². The zero-order valence-electron chi connectivity index (χ0n) is 12.8. The molecule has 1 aromatic heterocycles. The molecule has 0 saturated heterocycles. The van der Waals surface area contributed by atoms with Gasteiger partial charge in [0, 0.05) is 13.2 Å². The monoisotopic (exact) mass is 345 g/mol. The summed E-state index contributed by atoms with van der Waals surface area (Å²) >= 11 is 0. The van der Waals surface area contributed by atoms with Gasteiger partial charge in [0.15, 0.2) is 17.3 Å². The van der Waals surface area contributed by atoms with E-state index in [4.69, 9.17) is 4.74 Å². The van der Waals surface area contributed by atoms with Crippen molar-refractivity contribution in [3.63, 3.8) is 0 Å². The first-order valence-electron chi connectivity index (χ1n) is 6.99.